The van der Waals surface area contributed by atoms with Crippen molar-refractivity contribution in [3.05, 3.63) is 30.0 Å². The van der Waals surface area contributed by atoms with E-state index >= 15 is 0 Å². The molecule has 31 heavy (non-hydrogen) atoms. The van der Waals surface area contributed by atoms with Gasteiger partial charge in [0.1, 0.15) is 12.3 Å². The predicted octanol–water partition coefficient (Wildman–Crippen LogP) is 2.22. The van der Waals surface area contributed by atoms with Crippen molar-refractivity contribution < 1.29 is 14.0 Å². The molecular weight excluding hydrogens is 394 g/mol. The summed E-state index contributed by atoms with van der Waals surface area (Å²) in [5, 5.41) is 6.47. The molecule has 3 aliphatic rings. The summed E-state index contributed by atoms with van der Waals surface area (Å²) in [6.07, 6.45) is 7.65. The van der Waals surface area contributed by atoms with Gasteiger partial charge in [0.2, 0.25) is 17.7 Å². The Hall–Kier alpha value is -2.64. The minimum absolute atomic E-state index is 0.0194. The average molecular weight is 428 g/mol. The molecule has 1 aromatic heterocycles. The van der Waals surface area contributed by atoms with Crippen LogP contribution in [0, 0.1) is 23.7 Å². The highest BCUT2D eigenvalue weighted by Gasteiger charge is 2.58. The summed E-state index contributed by atoms with van der Waals surface area (Å²) in [5.74, 6) is 2.40. The summed E-state index contributed by atoms with van der Waals surface area (Å²) in [6.45, 7) is 10.4. The molecule has 1 aromatic rings. The maximum Gasteiger partial charge on any atom is 0.233 e. The molecule has 1 aliphatic heterocycles. The number of imide groups is 1. The van der Waals surface area contributed by atoms with Gasteiger partial charge in [-0.1, -0.05) is 32.9 Å². The number of hydrogen-bond donors (Lipinski definition) is 2. The molecule has 4 rings (SSSR count). The first-order valence-corrected chi connectivity index (χ1v) is 11.3. The first kappa shape index (κ1) is 21.6. The van der Waals surface area contributed by atoms with Gasteiger partial charge in [-0.25, -0.2) is 9.98 Å². The number of aliphatic imine (C=N–C) groups is 1. The van der Waals surface area contributed by atoms with Crippen LogP contribution in [-0.4, -0.2) is 47.3 Å². The molecule has 2 fully saturated rings. The molecular formula is C23H33N5O3. The molecule has 2 N–H and O–H groups in total. The van der Waals surface area contributed by atoms with E-state index in [-0.39, 0.29) is 40.9 Å². The van der Waals surface area contributed by atoms with E-state index in [9.17, 15) is 9.59 Å². The second-order valence-electron chi connectivity index (χ2n) is 9.67. The smallest absolute Gasteiger partial charge is 0.233 e. The van der Waals surface area contributed by atoms with Crippen LogP contribution in [0.1, 0.15) is 52.2 Å². The lowest BCUT2D eigenvalue weighted by molar-refractivity contribution is -0.140. The van der Waals surface area contributed by atoms with E-state index in [1.807, 2.05) is 6.92 Å². The van der Waals surface area contributed by atoms with Gasteiger partial charge < -0.3 is 15.1 Å². The van der Waals surface area contributed by atoms with E-state index in [0.29, 0.717) is 37.9 Å². The quantitative estimate of drug-likeness (QED) is 0.228. The topological polar surface area (TPSA) is 99.8 Å². The molecule has 4 atom stereocenters. The summed E-state index contributed by atoms with van der Waals surface area (Å²) >= 11 is 0. The van der Waals surface area contributed by atoms with Crippen LogP contribution in [-0.2, 0) is 21.5 Å². The zero-order chi connectivity index (χ0) is 22.2. The Labute approximate surface area is 183 Å². The van der Waals surface area contributed by atoms with Crippen molar-refractivity contribution in [1.29, 1.82) is 0 Å². The van der Waals surface area contributed by atoms with Crippen molar-refractivity contribution in [2.24, 2.45) is 28.7 Å². The molecule has 0 aromatic carbocycles. The van der Waals surface area contributed by atoms with Gasteiger partial charge >= 0.3 is 0 Å². The highest BCUT2D eigenvalue weighted by atomic mass is 16.4. The Morgan fingerprint density at radius 3 is 2.45 bits per heavy atom. The lowest BCUT2D eigenvalue weighted by Gasteiger charge is -2.18. The molecule has 1 saturated heterocycles. The lowest BCUT2D eigenvalue weighted by Crippen LogP contribution is -2.40. The van der Waals surface area contributed by atoms with Crippen LogP contribution in [0.2, 0.25) is 0 Å². The van der Waals surface area contributed by atoms with E-state index in [4.69, 9.17) is 4.42 Å². The zero-order valence-corrected chi connectivity index (χ0v) is 18.9. The molecule has 2 heterocycles. The molecule has 8 heteroatoms. The number of oxazole rings is 1. The van der Waals surface area contributed by atoms with Crippen LogP contribution >= 0.6 is 0 Å². The van der Waals surface area contributed by atoms with Gasteiger partial charge in [-0.05, 0) is 31.6 Å². The number of nitrogens with zero attached hydrogens (tertiary/aromatic N) is 3. The first-order valence-electron chi connectivity index (χ1n) is 11.3. The first-order chi connectivity index (χ1) is 14.8. The minimum atomic E-state index is -0.117. The number of carbonyl (C=O) groups excluding carboxylic acids is 2. The molecule has 8 nitrogen and oxygen atoms in total. The zero-order valence-electron chi connectivity index (χ0n) is 18.9. The van der Waals surface area contributed by atoms with Gasteiger partial charge in [0.25, 0.3) is 0 Å². The lowest BCUT2D eigenvalue weighted by atomic mass is 9.85. The van der Waals surface area contributed by atoms with E-state index in [2.05, 4.69) is 53.5 Å². The fourth-order valence-corrected chi connectivity index (χ4v) is 4.85. The number of nitrogens with one attached hydrogen (secondary N) is 2. The number of allylic oxidation sites excluding steroid dienone is 2. The number of aromatic nitrogens is 1. The summed E-state index contributed by atoms with van der Waals surface area (Å²) < 4.78 is 5.79. The van der Waals surface area contributed by atoms with Gasteiger partial charge in [-0.3, -0.25) is 14.5 Å². The number of carbonyl (C=O) groups is 2. The second kappa shape index (κ2) is 8.48. The number of amides is 2. The molecule has 2 aliphatic carbocycles. The molecule has 0 radical (unpaired) electrons. The molecule has 168 valence electrons. The Kier molecular flexibility index (Phi) is 5.90. The van der Waals surface area contributed by atoms with E-state index < -0.39 is 0 Å². The largest absolute Gasteiger partial charge is 0.443 e. The predicted molar refractivity (Wildman–Crippen MR) is 117 cm³/mol. The summed E-state index contributed by atoms with van der Waals surface area (Å²) in [4.78, 5) is 35.8. The summed E-state index contributed by atoms with van der Waals surface area (Å²) in [7, 11) is 0. The van der Waals surface area contributed by atoms with Crippen molar-refractivity contribution in [2.75, 3.05) is 19.6 Å². The van der Waals surface area contributed by atoms with Crippen molar-refractivity contribution in [3.63, 3.8) is 0 Å². The van der Waals surface area contributed by atoms with E-state index in [0.717, 1.165) is 18.7 Å². The van der Waals surface area contributed by atoms with Crippen molar-refractivity contribution in [3.8, 4) is 0 Å². The number of rotatable bonds is 7. The third-order valence-corrected chi connectivity index (χ3v) is 6.42. The standard InChI is InChI=1S/C23H33N5O3/c1-5-24-22(27-13-17-26-12-16(31-17)23(2,3)4)25-9-6-10-28-20(29)18-14-7-8-15(11-14)19(18)21(28)30/h7-8,12,14-15,18-19H,5-6,9-11,13H2,1-4H3,(H2,24,25,27). The Morgan fingerprint density at radius 1 is 1.19 bits per heavy atom. The molecule has 1 saturated carbocycles. The SMILES string of the molecule is CCNC(=NCc1ncc(C(C)(C)C)o1)NCCCN1C(=O)C2C3C=CC(C3)C2C1=O. The third-order valence-electron chi connectivity index (χ3n) is 6.42. The van der Waals surface area contributed by atoms with E-state index in [1.54, 1.807) is 6.20 Å². The average Bonchev–Trinajstić information content (AvgIpc) is 3.48. The molecule has 2 bridgehead atoms. The Balaban J connectivity index is 1.26. The third kappa shape index (κ3) is 4.25. The van der Waals surface area contributed by atoms with Gasteiger partial charge in [0.15, 0.2) is 5.96 Å². The van der Waals surface area contributed by atoms with Gasteiger partial charge in [0, 0.05) is 25.0 Å². The summed E-state index contributed by atoms with van der Waals surface area (Å²) in [5.41, 5.74) is -0.0871. The molecule has 4 unspecified atom stereocenters. The Bertz CT molecular complexity index is 867. The minimum Gasteiger partial charge on any atom is -0.443 e. The maximum atomic E-state index is 12.7. The molecule has 0 spiro atoms. The molecule has 2 amide bonds. The normalized spacial score (nSPS) is 27.4. The fraction of sp³-hybridized carbons (Fsp3) is 0.652. The highest BCUT2D eigenvalue weighted by Crippen LogP contribution is 2.52. The second-order valence-corrected chi connectivity index (χ2v) is 9.67. The number of fused-ring (bicyclic) bond motifs is 5. The van der Waals surface area contributed by atoms with Gasteiger partial charge in [-0.15, -0.1) is 0 Å². The van der Waals surface area contributed by atoms with Crippen molar-refractivity contribution >= 4 is 17.8 Å². The van der Waals surface area contributed by atoms with Crippen molar-refractivity contribution in [1.82, 2.24) is 20.5 Å². The monoisotopic (exact) mass is 427 g/mol. The van der Waals surface area contributed by atoms with Crippen LogP contribution in [0.4, 0.5) is 0 Å². The van der Waals surface area contributed by atoms with Gasteiger partial charge in [-0.2, -0.15) is 0 Å². The van der Waals surface area contributed by atoms with Crippen LogP contribution in [0.25, 0.3) is 0 Å². The van der Waals surface area contributed by atoms with Crippen LogP contribution in [0.15, 0.2) is 27.8 Å². The number of guanidine groups is 1. The van der Waals surface area contributed by atoms with Crippen LogP contribution in [0.3, 0.4) is 0 Å². The van der Waals surface area contributed by atoms with Gasteiger partial charge in [0.05, 0.1) is 18.0 Å². The highest BCUT2D eigenvalue weighted by molar-refractivity contribution is 6.06. The Morgan fingerprint density at radius 2 is 1.87 bits per heavy atom. The van der Waals surface area contributed by atoms with E-state index in [1.165, 1.54) is 4.90 Å². The fourth-order valence-electron chi connectivity index (χ4n) is 4.85. The summed E-state index contributed by atoms with van der Waals surface area (Å²) in [6, 6.07) is 0. The number of hydrogen-bond acceptors (Lipinski definition) is 5. The van der Waals surface area contributed by atoms with Crippen LogP contribution in [0.5, 0.6) is 0 Å². The van der Waals surface area contributed by atoms with Crippen molar-refractivity contribution in [2.45, 2.75) is 52.5 Å². The number of likely N-dealkylation sites (tertiary alicyclic amines) is 1. The van der Waals surface area contributed by atoms with Crippen LogP contribution < -0.4 is 10.6 Å². The maximum absolute atomic E-state index is 12.7.